The number of halogens is 1. The number of aliphatic hydroxyl groups is 1. The van der Waals surface area contributed by atoms with Crippen molar-refractivity contribution in [3.63, 3.8) is 0 Å². The molecule has 3 N–H and O–H groups in total. The van der Waals surface area contributed by atoms with E-state index in [1.54, 1.807) is 48.3 Å². The number of ether oxygens (including phenoxy) is 2. The SMILES string of the molecule is COc1cc2c(cc1-c1cnn(C)c1)COc1cc(-c3ccccc3F)c(C(=O)NC(CO)Cc3c[nH]c4ccccc34)cc1-2. The average Bonchev–Trinajstić information content (AvgIpc) is 3.69. The van der Waals surface area contributed by atoms with Gasteiger partial charge in [-0.1, -0.05) is 36.4 Å². The molecule has 0 aliphatic carbocycles. The molecule has 0 bridgehead atoms. The highest BCUT2D eigenvalue weighted by atomic mass is 19.1. The Hall–Kier alpha value is -5.41. The molecule has 226 valence electrons. The van der Waals surface area contributed by atoms with Crippen molar-refractivity contribution in [1.82, 2.24) is 20.1 Å². The maximum atomic E-state index is 15.2. The number of H-pyrrole nitrogens is 1. The van der Waals surface area contributed by atoms with Crippen LogP contribution in [0.3, 0.4) is 0 Å². The molecule has 7 rings (SSSR count). The van der Waals surface area contributed by atoms with E-state index in [1.165, 1.54) is 6.07 Å². The van der Waals surface area contributed by atoms with Crippen molar-refractivity contribution >= 4 is 16.8 Å². The largest absolute Gasteiger partial charge is 0.496 e. The van der Waals surface area contributed by atoms with Gasteiger partial charge in [0.05, 0.1) is 26.0 Å². The van der Waals surface area contributed by atoms with E-state index in [-0.39, 0.29) is 17.7 Å². The summed E-state index contributed by atoms with van der Waals surface area (Å²) in [5.74, 6) is 0.299. The van der Waals surface area contributed by atoms with E-state index < -0.39 is 17.8 Å². The van der Waals surface area contributed by atoms with E-state index in [4.69, 9.17) is 9.47 Å². The molecule has 8 nitrogen and oxygen atoms in total. The Bertz CT molecular complexity index is 2060. The first-order valence-electron chi connectivity index (χ1n) is 14.7. The third-order valence-electron chi connectivity index (χ3n) is 8.34. The van der Waals surface area contributed by atoms with Gasteiger partial charge in [-0.2, -0.15) is 5.10 Å². The number of aromatic nitrogens is 3. The van der Waals surface area contributed by atoms with Crippen LogP contribution in [0.15, 0.2) is 91.4 Å². The van der Waals surface area contributed by atoms with Crippen molar-refractivity contribution in [2.24, 2.45) is 7.05 Å². The fraction of sp³-hybridized carbons (Fsp3) is 0.167. The van der Waals surface area contributed by atoms with Crippen molar-refractivity contribution in [3.8, 4) is 44.9 Å². The molecule has 0 fully saturated rings. The molecule has 2 aromatic heterocycles. The van der Waals surface area contributed by atoms with Crippen molar-refractivity contribution in [3.05, 3.63) is 114 Å². The number of para-hydroxylation sites is 1. The zero-order valence-corrected chi connectivity index (χ0v) is 24.8. The highest BCUT2D eigenvalue weighted by Gasteiger charge is 2.27. The van der Waals surface area contributed by atoms with Crippen LogP contribution in [-0.4, -0.2) is 45.5 Å². The highest BCUT2D eigenvalue weighted by molar-refractivity contribution is 6.03. The quantitative estimate of drug-likeness (QED) is 0.191. The van der Waals surface area contributed by atoms with Gasteiger partial charge in [0.25, 0.3) is 5.91 Å². The summed E-state index contributed by atoms with van der Waals surface area (Å²) in [6.45, 7) is 0.0184. The second-order valence-corrected chi connectivity index (χ2v) is 11.2. The Morgan fingerprint density at radius 2 is 1.89 bits per heavy atom. The lowest BCUT2D eigenvalue weighted by molar-refractivity contribution is 0.0917. The minimum absolute atomic E-state index is 0.267. The Labute approximate surface area is 259 Å². The number of hydrogen-bond donors (Lipinski definition) is 3. The second kappa shape index (κ2) is 11.6. The molecule has 1 unspecified atom stereocenters. The van der Waals surface area contributed by atoms with E-state index in [0.717, 1.165) is 38.7 Å². The molecule has 1 atom stereocenters. The minimum Gasteiger partial charge on any atom is -0.496 e. The third kappa shape index (κ3) is 5.21. The number of aryl methyl sites for hydroxylation is 1. The van der Waals surface area contributed by atoms with Gasteiger partial charge >= 0.3 is 0 Å². The molecule has 0 saturated carbocycles. The Morgan fingerprint density at radius 1 is 1.07 bits per heavy atom. The van der Waals surface area contributed by atoms with E-state index >= 15 is 4.39 Å². The molecule has 0 radical (unpaired) electrons. The fourth-order valence-corrected chi connectivity index (χ4v) is 6.10. The van der Waals surface area contributed by atoms with Crippen molar-refractivity contribution in [1.29, 1.82) is 0 Å². The highest BCUT2D eigenvalue weighted by Crippen LogP contribution is 2.45. The lowest BCUT2D eigenvalue weighted by atomic mass is 9.88. The molecule has 6 aromatic rings. The van der Waals surface area contributed by atoms with Crippen molar-refractivity contribution in [2.45, 2.75) is 19.1 Å². The van der Waals surface area contributed by atoms with Crippen LogP contribution in [0.5, 0.6) is 11.5 Å². The first kappa shape index (κ1) is 28.4. The Morgan fingerprint density at radius 3 is 2.67 bits per heavy atom. The van der Waals surface area contributed by atoms with E-state index in [2.05, 4.69) is 15.4 Å². The molecule has 0 saturated heterocycles. The van der Waals surface area contributed by atoms with Gasteiger partial charge in [-0.25, -0.2) is 4.39 Å². The molecular formula is C36H31FN4O4. The molecule has 45 heavy (non-hydrogen) atoms. The Kier molecular flexibility index (Phi) is 7.31. The van der Waals surface area contributed by atoms with E-state index in [0.29, 0.717) is 35.7 Å². The number of nitrogens with one attached hydrogen (secondary N) is 2. The van der Waals surface area contributed by atoms with Crippen molar-refractivity contribution < 1.29 is 23.8 Å². The van der Waals surface area contributed by atoms with Crippen LogP contribution in [0.25, 0.3) is 44.3 Å². The molecule has 3 heterocycles. The number of aromatic amines is 1. The monoisotopic (exact) mass is 602 g/mol. The maximum absolute atomic E-state index is 15.2. The summed E-state index contributed by atoms with van der Waals surface area (Å²) in [5, 5.41) is 18.6. The van der Waals surface area contributed by atoms with Gasteiger partial charge in [-0.15, -0.1) is 0 Å². The molecule has 1 aliphatic rings. The number of nitrogens with zero attached hydrogens (tertiary/aromatic N) is 2. The molecule has 0 spiro atoms. The van der Waals surface area contributed by atoms with Gasteiger partial charge < -0.3 is 24.9 Å². The topological polar surface area (TPSA) is 101 Å². The number of carbonyl (C=O) groups is 1. The summed E-state index contributed by atoms with van der Waals surface area (Å²) in [6, 6.07) is 21.1. The molecule has 1 aliphatic heterocycles. The van der Waals surface area contributed by atoms with Crippen molar-refractivity contribution in [2.75, 3.05) is 13.7 Å². The molecule has 9 heteroatoms. The van der Waals surface area contributed by atoms with E-state index in [9.17, 15) is 9.90 Å². The second-order valence-electron chi connectivity index (χ2n) is 11.2. The summed E-state index contributed by atoms with van der Waals surface area (Å²) < 4.78 is 28.9. The van der Waals surface area contributed by atoms with Crippen LogP contribution >= 0.6 is 0 Å². The van der Waals surface area contributed by atoms with Crippen LogP contribution in [-0.2, 0) is 20.1 Å². The number of methoxy groups -OCH3 is 1. The molecule has 1 amide bonds. The zero-order valence-electron chi connectivity index (χ0n) is 24.8. The van der Waals surface area contributed by atoms with Gasteiger partial charge in [0.2, 0.25) is 0 Å². The van der Waals surface area contributed by atoms with Crippen LogP contribution < -0.4 is 14.8 Å². The van der Waals surface area contributed by atoms with Crippen LogP contribution in [0.2, 0.25) is 0 Å². The number of fused-ring (bicyclic) bond motifs is 4. The van der Waals surface area contributed by atoms with Gasteiger partial charge in [0.15, 0.2) is 0 Å². The van der Waals surface area contributed by atoms with Gasteiger partial charge in [0, 0.05) is 63.7 Å². The number of benzene rings is 4. The number of aliphatic hydroxyl groups excluding tert-OH is 1. The summed E-state index contributed by atoms with van der Waals surface area (Å²) in [7, 11) is 3.47. The standard InChI is InChI=1S/C36H31FN4O4/c1-41-18-23(17-39-41)28-12-22-20-45-35-15-29(26-8-3-5-9-32(26)37)31(13-30(35)27(22)14-34(28)44-2)36(43)40-24(19-42)11-21-16-38-33-10-6-4-7-25(21)33/h3-10,12-18,24,38,42H,11,19-20H2,1-2H3,(H,40,43). The predicted molar refractivity (Wildman–Crippen MR) is 171 cm³/mol. The zero-order chi connectivity index (χ0) is 31.1. The smallest absolute Gasteiger partial charge is 0.252 e. The summed E-state index contributed by atoms with van der Waals surface area (Å²) in [5.41, 5.74) is 7.14. The maximum Gasteiger partial charge on any atom is 0.252 e. The fourth-order valence-electron chi connectivity index (χ4n) is 6.10. The number of hydrogen-bond acceptors (Lipinski definition) is 5. The summed E-state index contributed by atoms with van der Waals surface area (Å²) in [6.07, 6.45) is 5.99. The lowest BCUT2D eigenvalue weighted by Crippen LogP contribution is -2.39. The first-order chi connectivity index (χ1) is 21.9. The normalized spacial score (nSPS) is 12.7. The minimum atomic E-state index is -0.577. The number of amides is 1. The summed E-state index contributed by atoms with van der Waals surface area (Å²) in [4.78, 5) is 17.3. The van der Waals surface area contributed by atoms with Crippen LogP contribution in [0.1, 0.15) is 21.5 Å². The third-order valence-corrected chi connectivity index (χ3v) is 8.34. The number of carbonyl (C=O) groups excluding carboxylic acids is 1. The van der Waals surface area contributed by atoms with Gasteiger partial charge in [-0.05, 0) is 59.5 Å². The molecule has 4 aromatic carbocycles. The number of rotatable bonds is 8. The molecular weight excluding hydrogens is 571 g/mol. The van der Waals surface area contributed by atoms with Crippen LogP contribution in [0, 0.1) is 5.82 Å². The predicted octanol–water partition coefficient (Wildman–Crippen LogP) is 6.28. The lowest BCUT2D eigenvalue weighted by Gasteiger charge is -2.25. The van der Waals surface area contributed by atoms with Crippen LogP contribution in [0.4, 0.5) is 4.39 Å². The first-order valence-corrected chi connectivity index (χ1v) is 14.7. The Balaban J connectivity index is 1.30. The summed E-state index contributed by atoms with van der Waals surface area (Å²) >= 11 is 0. The average molecular weight is 603 g/mol. The van der Waals surface area contributed by atoms with Gasteiger partial charge in [-0.3, -0.25) is 9.48 Å². The van der Waals surface area contributed by atoms with Gasteiger partial charge in [0.1, 0.15) is 23.9 Å². The van der Waals surface area contributed by atoms with E-state index in [1.807, 2.05) is 55.8 Å².